The minimum Gasteiger partial charge on any atom is -0.480 e. The summed E-state index contributed by atoms with van der Waals surface area (Å²) in [7, 11) is -0.611. The summed E-state index contributed by atoms with van der Waals surface area (Å²) >= 11 is 0. The number of hydrogen-bond acceptors (Lipinski definition) is 4. The van der Waals surface area contributed by atoms with Crippen molar-refractivity contribution in [1.82, 2.24) is 9.97 Å². The van der Waals surface area contributed by atoms with E-state index in [1.54, 1.807) is 18.7 Å². The van der Waals surface area contributed by atoms with Crippen LogP contribution in [0.5, 0.6) is 0 Å². The van der Waals surface area contributed by atoms with Gasteiger partial charge in [-0.2, -0.15) is 0 Å². The molecule has 0 radical (unpaired) electrons. The molecule has 1 heterocycles. The molecule has 0 aliphatic carbocycles. The van der Waals surface area contributed by atoms with Crippen LogP contribution in [-0.2, 0) is 22.0 Å². The molecule has 0 fully saturated rings. The average Bonchev–Trinajstić information content (AvgIpc) is 2.55. The van der Waals surface area contributed by atoms with Crippen molar-refractivity contribution in [3.63, 3.8) is 0 Å². The first kappa shape index (κ1) is 13.8. The maximum Gasteiger partial charge on any atom is 0.320 e. The van der Waals surface area contributed by atoms with Gasteiger partial charge in [0.05, 0.1) is 6.33 Å². The summed E-state index contributed by atoms with van der Waals surface area (Å²) in [5, 5.41) is 8.42. The van der Waals surface area contributed by atoms with E-state index in [0.29, 0.717) is 0 Å². The summed E-state index contributed by atoms with van der Waals surface area (Å²) in [5.74, 6) is -1.00. The third-order valence-corrected chi connectivity index (χ3v) is 1.31. The zero-order valence-corrected chi connectivity index (χ0v) is 9.45. The highest BCUT2D eigenvalue weighted by Crippen LogP contribution is 1.95. The number of aliphatic carboxylic acids is 1. The smallest absolute Gasteiger partial charge is 0.320 e. The Kier molecular flexibility index (Phi) is 6.56. The summed E-state index contributed by atoms with van der Waals surface area (Å²) in [6, 6.07) is -0.851. The Morgan fingerprint density at radius 1 is 1.73 bits per heavy atom. The lowest BCUT2D eigenvalue weighted by Crippen LogP contribution is -2.32. The molecule has 86 valence electrons. The summed E-state index contributed by atoms with van der Waals surface area (Å²) in [4.78, 5) is 16.8. The topological polar surface area (TPSA) is 109 Å². The van der Waals surface area contributed by atoms with E-state index in [9.17, 15) is 9.00 Å². The molecule has 1 rings (SSSR count). The lowest BCUT2D eigenvalue weighted by atomic mass is 10.2. The van der Waals surface area contributed by atoms with Crippen LogP contribution in [-0.4, -0.2) is 43.8 Å². The number of carbonyl (C=O) groups is 1. The highest BCUT2D eigenvalue weighted by molar-refractivity contribution is 7.83. The van der Waals surface area contributed by atoms with Crippen molar-refractivity contribution in [2.75, 3.05) is 12.5 Å². The lowest BCUT2D eigenvalue weighted by Gasteiger charge is -2.02. The molecular weight excluding hydrogens is 218 g/mol. The largest absolute Gasteiger partial charge is 0.480 e. The van der Waals surface area contributed by atoms with Crippen LogP contribution in [0.25, 0.3) is 0 Å². The van der Waals surface area contributed by atoms with Gasteiger partial charge in [0.2, 0.25) is 0 Å². The quantitative estimate of drug-likeness (QED) is 0.643. The molecule has 0 aromatic carbocycles. The second-order valence-electron chi connectivity index (χ2n) is 2.97. The Morgan fingerprint density at radius 3 is 2.60 bits per heavy atom. The molecule has 1 aromatic rings. The predicted molar refractivity (Wildman–Crippen MR) is 57.9 cm³/mol. The maximum absolute atomic E-state index is 10.3. The van der Waals surface area contributed by atoms with Gasteiger partial charge in [-0.25, -0.2) is 4.98 Å². The van der Waals surface area contributed by atoms with E-state index in [1.165, 1.54) is 6.33 Å². The van der Waals surface area contributed by atoms with Gasteiger partial charge < -0.3 is 15.8 Å². The minimum atomic E-state index is -1.00. The lowest BCUT2D eigenvalue weighted by molar-refractivity contribution is -0.138. The molecule has 15 heavy (non-hydrogen) atoms. The van der Waals surface area contributed by atoms with Crippen molar-refractivity contribution in [2.45, 2.75) is 12.5 Å². The first-order valence-corrected chi connectivity index (χ1v) is 6.10. The molecular formula is C8H15N3O3S. The van der Waals surface area contributed by atoms with Crippen molar-refractivity contribution < 1.29 is 14.1 Å². The van der Waals surface area contributed by atoms with E-state index in [0.717, 1.165) is 5.69 Å². The zero-order chi connectivity index (χ0) is 11.8. The zero-order valence-electron chi connectivity index (χ0n) is 8.64. The molecule has 0 aliphatic rings. The number of imidazole rings is 1. The van der Waals surface area contributed by atoms with E-state index in [2.05, 4.69) is 9.97 Å². The first-order valence-electron chi connectivity index (χ1n) is 4.14. The second-order valence-corrected chi connectivity index (χ2v) is 4.45. The monoisotopic (exact) mass is 233 g/mol. The molecule has 0 amide bonds. The Labute approximate surface area is 90.4 Å². The molecule has 6 nitrogen and oxygen atoms in total. The normalized spacial score (nSPS) is 11.7. The van der Waals surface area contributed by atoms with Gasteiger partial charge in [0.1, 0.15) is 6.04 Å². The fraction of sp³-hybridized carbons (Fsp3) is 0.500. The molecule has 0 saturated heterocycles. The maximum atomic E-state index is 10.3. The van der Waals surface area contributed by atoms with Gasteiger partial charge in [0, 0.05) is 41.6 Å². The van der Waals surface area contributed by atoms with Gasteiger partial charge >= 0.3 is 5.97 Å². The van der Waals surface area contributed by atoms with E-state index in [1.807, 2.05) is 0 Å². The summed E-state index contributed by atoms with van der Waals surface area (Å²) in [5.41, 5.74) is 6.00. The third-order valence-electron chi connectivity index (χ3n) is 1.31. The molecule has 0 saturated carbocycles. The van der Waals surface area contributed by atoms with Crippen LogP contribution in [0.3, 0.4) is 0 Å². The van der Waals surface area contributed by atoms with Gasteiger partial charge in [-0.15, -0.1) is 0 Å². The van der Waals surface area contributed by atoms with Gasteiger partial charge in [0.25, 0.3) is 0 Å². The van der Waals surface area contributed by atoms with Crippen LogP contribution >= 0.6 is 0 Å². The van der Waals surface area contributed by atoms with Gasteiger partial charge in [-0.3, -0.25) is 9.00 Å². The minimum absolute atomic E-state index is 0.287. The molecule has 4 N–H and O–H groups in total. The summed E-state index contributed by atoms with van der Waals surface area (Å²) in [6.07, 6.45) is 6.61. The molecule has 1 aromatic heterocycles. The second kappa shape index (κ2) is 7.13. The molecule has 0 aliphatic heterocycles. The fourth-order valence-electron chi connectivity index (χ4n) is 0.721. The van der Waals surface area contributed by atoms with E-state index in [4.69, 9.17) is 10.8 Å². The molecule has 0 unspecified atom stereocenters. The van der Waals surface area contributed by atoms with Crippen molar-refractivity contribution in [2.24, 2.45) is 5.73 Å². The first-order chi connectivity index (χ1) is 6.93. The van der Waals surface area contributed by atoms with Gasteiger partial charge in [-0.1, -0.05) is 0 Å². The molecule has 7 heteroatoms. The average molecular weight is 233 g/mol. The highest BCUT2D eigenvalue weighted by Gasteiger charge is 2.11. The number of rotatable bonds is 3. The number of nitrogens with zero attached hydrogens (tertiary/aromatic N) is 1. The Balaban J connectivity index is 0.000000423. The number of nitrogens with two attached hydrogens (primary N) is 1. The van der Waals surface area contributed by atoms with Crippen molar-refractivity contribution in [3.8, 4) is 0 Å². The van der Waals surface area contributed by atoms with Crippen molar-refractivity contribution >= 4 is 16.8 Å². The predicted octanol–water partition coefficient (Wildman–Crippen LogP) is -0.641. The van der Waals surface area contributed by atoms with Gasteiger partial charge in [-0.05, 0) is 0 Å². The van der Waals surface area contributed by atoms with E-state index >= 15 is 0 Å². The SMILES string of the molecule is CS(C)=O.N[C@@H](Cc1cnc[nH]1)C(=O)O. The summed E-state index contributed by atoms with van der Waals surface area (Å²) in [6.45, 7) is 0. The number of nitrogens with one attached hydrogen (secondary N) is 1. The number of carboxylic acid groups (broad SMARTS) is 1. The Hall–Kier alpha value is -1.21. The fourth-order valence-corrected chi connectivity index (χ4v) is 0.721. The molecule has 0 bridgehead atoms. The Bertz CT molecular complexity index is 309. The number of aromatic nitrogens is 2. The third kappa shape index (κ3) is 7.83. The highest BCUT2D eigenvalue weighted by atomic mass is 32.2. The number of carboxylic acids is 1. The standard InChI is InChI=1S/C6H9N3O2.C2H6OS/c7-5(6(10)11)1-4-2-8-3-9-4;1-4(2)3/h2-3,5H,1,7H2,(H,8,9)(H,10,11);1-2H3/t5-;/m0./s1. The van der Waals surface area contributed by atoms with Crippen LogP contribution in [0, 0.1) is 0 Å². The van der Waals surface area contributed by atoms with Crippen LogP contribution in [0.4, 0.5) is 0 Å². The summed E-state index contributed by atoms with van der Waals surface area (Å²) < 4.78 is 9.56. The van der Waals surface area contributed by atoms with Crippen LogP contribution in [0.15, 0.2) is 12.5 Å². The van der Waals surface area contributed by atoms with Crippen molar-refractivity contribution in [1.29, 1.82) is 0 Å². The Morgan fingerprint density at radius 2 is 2.27 bits per heavy atom. The van der Waals surface area contributed by atoms with E-state index in [-0.39, 0.29) is 6.42 Å². The number of hydrogen-bond donors (Lipinski definition) is 3. The molecule has 1 atom stereocenters. The van der Waals surface area contributed by atoms with Crippen LogP contribution in [0.2, 0.25) is 0 Å². The van der Waals surface area contributed by atoms with Crippen molar-refractivity contribution in [3.05, 3.63) is 18.2 Å². The van der Waals surface area contributed by atoms with Gasteiger partial charge in [0.15, 0.2) is 0 Å². The molecule has 0 spiro atoms. The van der Waals surface area contributed by atoms with Crippen LogP contribution < -0.4 is 5.73 Å². The van der Waals surface area contributed by atoms with Crippen LogP contribution in [0.1, 0.15) is 5.69 Å². The number of H-pyrrole nitrogens is 1. The number of aromatic amines is 1. The van der Waals surface area contributed by atoms with E-state index < -0.39 is 22.8 Å².